The number of rotatable bonds is 6. The van der Waals surface area contributed by atoms with Crippen molar-refractivity contribution in [1.82, 2.24) is 14.8 Å². The summed E-state index contributed by atoms with van der Waals surface area (Å²) in [6.45, 7) is 6.54. The van der Waals surface area contributed by atoms with Crippen LogP contribution < -0.4 is 0 Å². The lowest BCUT2D eigenvalue weighted by Crippen LogP contribution is -2.50. The first-order valence-electron chi connectivity index (χ1n) is 10.6. The number of amides is 2. The molecule has 1 aliphatic heterocycles. The SMILES string of the molecule is CC(C)CC(=O)N1CCN(C(=O)c2ccc(CSc3nc4ccccc4s3)cc2)CC1. The Labute approximate surface area is 191 Å². The zero-order chi connectivity index (χ0) is 21.8. The van der Waals surface area contributed by atoms with Crippen molar-refractivity contribution in [2.24, 2.45) is 5.92 Å². The lowest BCUT2D eigenvalue weighted by molar-refractivity contribution is -0.133. The fourth-order valence-electron chi connectivity index (χ4n) is 3.62. The number of hydrogen-bond donors (Lipinski definition) is 0. The lowest BCUT2D eigenvalue weighted by Gasteiger charge is -2.35. The van der Waals surface area contributed by atoms with Crippen molar-refractivity contribution in [2.45, 2.75) is 30.4 Å². The van der Waals surface area contributed by atoms with Gasteiger partial charge in [0.2, 0.25) is 5.91 Å². The summed E-state index contributed by atoms with van der Waals surface area (Å²) >= 11 is 3.43. The summed E-state index contributed by atoms with van der Waals surface area (Å²) < 4.78 is 2.27. The van der Waals surface area contributed by atoms with E-state index in [2.05, 4.69) is 24.9 Å². The Hall–Kier alpha value is -2.38. The second-order valence-electron chi connectivity index (χ2n) is 8.20. The number of para-hydroxylation sites is 1. The van der Waals surface area contributed by atoms with Gasteiger partial charge in [0.05, 0.1) is 10.2 Å². The molecule has 162 valence electrons. The topological polar surface area (TPSA) is 53.5 Å². The van der Waals surface area contributed by atoms with Crippen LogP contribution in [0.4, 0.5) is 0 Å². The van der Waals surface area contributed by atoms with Crippen LogP contribution in [0.5, 0.6) is 0 Å². The molecule has 4 rings (SSSR count). The zero-order valence-electron chi connectivity index (χ0n) is 17.9. The molecule has 2 heterocycles. The molecule has 2 aromatic carbocycles. The Morgan fingerprint density at radius 2 is 1.68 bits per heavy atom. The molecule has 1 aliphatic rings. The molecule has 5 nitrogen and oxygen atoms in total. The first kappa shape index (κ1) is 21.8. The fraction of sp³-hybridized carbons (Fsp3) is 0.375. The van der Waals surface area contributed by atoms with E-state index in [1.165, 1.54) is 10.3 Å². The summed E-state index contributed by atoms with van der Waals surface area (Å²) in [5, 5.41) is 0. The summed E-state index contributed by atoms with van der Waals surface area (Å²) in [6.07, 6.45) is 0.574. The normalized spacial score (nSPS) is 14.4. The van der Waals surface area contributed by atoms with E-state index in [9.17, 15) is 9.59 Å². The van der Waals surface area contributed by atoms with Crippen molar-refractivity contribution >= 4 is 45.1 Å². The maximum Gasteiger partial charge on any atom is 0.253 e. The third-order valence-corrected chi connectivity index (χ3v) is 7.59. The summed E-state index contributed by atoms with van der Waals surface area (Å²) in [5.41, 5.74) is 2.92. The zero-order valence-corrected chi connectivity index (χ0v) is 19.5. The van der Waals surface area contributed by atoms with E-state index in [-0.39, 0.29) is 11.8 Å². The molecule has 0 N–H and O–H groups in total. The van der Waals surface area contributed by atoms with Gasteiger partial charge in [0, 0.05) is 43.9 Å². The summed E-state index contributed by atoms with van der Waals surface area (Å²) in [7, 11) is 0. The van der Waals surface area contributed by atoms with Gasteiger partial charge in [-0.2, -0.15) is 0 Å². The monoisotopic (exact) mass is 453 g/mol. The molecule has 31 heavy (non-hydrogen) atoms. The highest BCUT2D eigenvalue weighted by Gasteiger charge is 2.25. The standard InChI is InChI=1S/C24H27N3O2S2/c1-17(2)15-22(28)26-11-13-27(14-12-26)23(29)19-9-7-18(8-10-19)16-30-24-25-20-5-3-4-6-21(20)31-24/h3-10,17H,11-16H2,1-2H3. The predicted octanol–water partition coefficient (Wildman–Crippen LogP) is 4.92. The van der Waals surface area contributed by atoms with E-state index in [0.717, 1.165) is 15.6 Å². The van der Waals surface area contributed by atoms with Crippen LogP contribution in [0.2, 0.25) is 0 Å². The molecule has 1 saturated heterocycles. The van der Waals surface area contributed by atoms with E-state index in [0.29, 0.717) is 44.1 Å². The van der Waals surface area contributed by atoms with Crippen molar-refractivity contribution in [3.63, 3.8) is 0 Å². The van der Waals surface area contributed by atoms with Gasteiger partial charge >= 0.3 is 0 Å². The number of carbonyl (C=O) groups is 2. The van der Waals surface area contributed by atoms with Gasteiger partial charge in [0.1, 0.15) is 0 Å². The molecule has 0 unspecified atom stereocenters. The van der Waals surface area contributed by atoms with Gasteiger partial charge in [-0.3, -0.25) is 9.59 Å². The molecular weight excluding hydrogens is 426 g/mol. The van der Waals surface area contributed by atoms with E-state index in [1.54, 1.807) is 23.1 Å². The summed E-state index contributed by atoms with van der Waals surface area (Å²) in [6, 6.07) is 16.0. The number of piperazine rings is 1. The number of benzene rings is 2. The molecule has 7 heteroatoms. The molecule has 0 atom stereocenters. The van der Waals surface area contributed by atoms with Gasteiger partial charge in [-0.1, -0.05) is 49.9 Å². The minimum Gasteiger partial charge on any atom is -0.339 e. The molecule has 1 fully saturated rings. The van der Waals surface area contributed by atoms with Gasteiger partial charge in [0.15, 0.2) is 4.34 Å². The molecule has 0 bridgehead atoms. The van der Waals surface area contributed by atoms with E-state index >= 15 is 0 Å². The number of hydrogen-bond acceptors (Lipinski definition) is 5. The molecule has 0 saturated carbocycles. The van der Waals surface area contributed by atoms with Gasteiger partial charge in [0.25, 0.3) is 5.91 Å². The van der Waals surface area contributed by atoms with Gasteiger partial charge in [-0.25, -0.2) is 4.98 Å². The van der Waals surface area contributed by atoms with Crippen LogP contribution in [0, 0.1) is 5.92 Å². The predicted molar refractivity (Wildman–Crippen MR) is 128 cm³/mol. The second kappa shape index (κ2) is 9.83. The molecule has 2 amide bonds. The van der Waals surface area contributed by atoms with E-state index < -0.39 is 0 Å². The number of thiazole rings is 1. The van der Waals surface area contributed by atoms with Gasteiger partial charge in [-0.05, 0) is 35.7 Å². The van der Waals surface area contributed by atoms with E-state index in [4.69, 9.17) is 0 Å². The maximum atomic E-state index is 12.9. The number of carbonyl (C=O) groups excluding carboxylic acids is 2. The Balaban J connectivity index is 1.29. The Morgan fingerprint density at radius 3 is 2.35 bits per heavy atom. The van der Waals surface area contributed by atoms with Crippen LogP contribution in [-0.4, -0.2) is 52.8 Å². The minimum atomic E-state index is 0.0429. The molecular formula is C24H27N3O2S2. The lowest BCUT2D eigenvalue weighted by atomic mass is 10.1. The maximum absolute atomic E-state index is 12.9. The average Bonchev–Trinajstić information content (AvgIpc) is 3.20. The Kier molecular flexibility index (Phi) is 6.92. The van der Waals surface area contributed by atoms with Crippen molar-refractivity contribution < 1.29 is 9.59 Å². The Bertz CT molecular complexity index is 1020. The van der Waals surface area contributed by atoms with Crippen molar-refractivity contribution in [3.05, 3.63) is 59.7 Å². The molecule has 0 spiro atoms. The van der Waals surface area contributed by atoms with Crippen LogP contribution >= 0.6 is 23.1 Å². The Morgan fingerprint density at radius 1 is 1.00 bits per heavy atom. The number of nitrogens with zero attached hydrogens (tertiary/aromatic N) is 3. The van der Waals surface area contributed by atoms with Crippen molar-refractivity contribution in [3.8, 4) is 0 Å². The molecule has 1 aromatic heterocycles. The van der Waals surface area contributed by atoms with Gasteiger partial charge < -0.3 is 9.80 Å². The number of aromatic nitrogens is 1. The van der Waals surface area contributed by atoms with Crippen molar-refractivity contribution in [2.75, 3.05) is 26.2 Å². The number of thioether (sulfide) groups is 1. The fourth-order valence-corrected chi connectivity index (χ4v) is 5.65. The first-order chi connectivity index (χ1) is 15.0. The highest BCUT2D eigenvalue weighted by molar-refractivity contribution is 8.00. The van der Waals surface area contributed by atoms with Crippen LogP contribution in [0.3, 0.4) is 0 Å². The third kappa shape index (κ3) is 5.46. The average molecular weight is 454 g/mol. The van der Waals surface area contributed by atoms with Crippen LogP contribution in [0.25, 0.3) is 10.2 Å². The van der Waals surface area contributed by atoms with Crippen LogP contribution in [0.15, 0.2) is 52.9 Å². The van der Waals surface area contributed by atoms with Crippen LogP contribution in [0.1, 0.15) is 36.2 Å². The largest absolute Gasteiger partial charge is 0.339 e. The third-order valence-electron chi connectivity index (χ3n) is 5.34. The second-order valence-corrected chi connectivity index (χ2v) is 10.5. The number of fused-ring (bicyclic) bond motifs is 1. The molecule has 0 radical (unpaired) electrons. The van der Waals surface area contributed by atoms with Crippen molar-refractivity contribution in [1.29, 1.82) is 0 Å². The molecule has 0 aliphatic carbocycles. The quantitative estimate of drug-likeness (QED) is 0.497. The summed E-state index contributed by atoms with van der Waals surface area (Å²) in [5.74, 6) is 1.42. The van der Waals surface area contributed by atoms with Crippen LogP contribution in [-0.2, 0) is 10.5 Å². The minimum absolute atomic E-state index is 0.0429. The highest BCUT2D eigenvalue weighted by Crippen LogP contribution is 2.31. The molecule has 3 aromatic rings. The summed E-state index contributed by atoms with van der Waals surface area (Å²) in [4.78, 5) is 33.5. The van der Waals surface area contributed by atoms with E-state index in [1.807, 2.05) is 52.3 Å². The van der Waals surface area contributed by atoms with Gasteiger partial charge in [-0.15, -0.1) is 11.3 Å². The highest BCUT2D eigenvalue weighted by atomic mass is 32.2. The smallest absolute Gasteiger partial charge is 0.253 e. The first-order valence-corrected chi connectivity index (χ1v) is 12.4.